The normalized spacial score (nSPS) is 10.5. The number of nitrogens with zero attached hydrogens (tertiary/aromatic N) is 2. The Morgan fingerprint density at radius 3 is 2.82 bits per heavy atom. The highest BCUT2D eigenvalue weighted by atomic mass is 19.1. The number of anilines is 1. The number of aromatic nitrogens is 2. The van der Waals surface area contributed by atoms with Gasteiger partial charge < -0.3 is 5.32 Å². The van der Waals surface area contributed by atoms with Gasteiger partial charge in [-0.3, -0.25) is 4.68 Å². The predicted molar refractivity (Wildman–Crippen MR) is 66.4 cm³/mol. The van der Waals surface area contributed by atoms with Crippen molar-refractivity contribution in [2.75, 3.05) is 5.32 Å². The van der Waals surface area contributed by atoms with E-state index in [0.29, 0.717) is 12.2 Å². The Bertz CT molecular complexity index is 505. The minimum absolute atomic E-state index is 0.222. The van der Waals surface area contributed by atoms with Crippen LogP contribution in [0, 0.1) is 12.7 Å². The van der Waals surface area contributed by atoms with Gasteiger partial charge in [0.15, 0.2) is 0 Å². The molecule has 1 aromatic carbocycles. The van der Waals surface area contributed by atoms with Crippen LogP contribution in [-0.4, -0.2) is 9.78 Å². The summed E-state index contributed by atoms with van der Waals surface area (Å²) < 4.78 is 15.4. The standard InChI is InChI=1S/C13H16FN3/c1-3-17-7-6-11(16-17)9-15-13-5-4-10(2)8-12(13)14/h4-8,15H,3,9H2,1-2H3. The van der Waals surface area contributed by atoms with Gasteiger partial charge in [-0.2, -0.15) is 5.10 Å². The van der Waals surface area contributed by atoms with Crippen molar-refractivity contribution in [1.29, 1.82) is 0 Å². The molecule has 0 radical (unpaired) electrons. The molecule has 0 fully saturated rings. The molecule has 0 aliphatic carbocycles. The summed E-state index contributed by atoms with van der Waals surface area (Å²) in [6.07, 6.45) is 1.92. The average Bonchev–Trinajstić information content (AvgIpc) is 2.76. The monoisotopic (exact) mass is 233 g/mol. The number of halogens is 1. The Morgan fingerprint density at radius 2 is 2.18 bits per heavy atom. The zero-order valence-corrected chi connectivity index (χ0v) is 10.1. The first-order valence-corrected chi connectivity index (χ1v) is 5.71. The van der Waals surface area contributed by atoms with Gasteiger partial charge in [-0.25, -0.2) is 4.39 Å². The molecule has 0 saturated carbocycles. The van der Waals surface area contributed by atoms with Crippen LogP contribution in [0.4, 0.5) is 10.1 Å². The quantitative estimate of drug-likeness (QED) is 0.879. The molecule has 90 valence electrons. The fourth-order valence-electron chi connectivity index (χ4n) is 1.62. The highest BCUT2D eigenvalue weighted by Crippen LogP contribution is 2.15. The van der Waals surface area contributed by atoms with Gasteiger partial charge in [-0.05, 0) is 37.6 Å². The van der Waals surface area contributed by atoms with Crippen molar-refractivity contribution in [3.8, 4) is 0 Å². The van der Waals surface area contributed by atoms with Crippen LogP contribution in [0.1, 0.15) is 18.2 Å². The van der Waals surface area contributed by atoms with Gasteiger partial charge in [0.25, 0.3) is 0 Å². The second kappa shape index (κ2) is 4.99. The fourth-order valence-corrected chi connectivity index (χ4v) is 1.62. The number of hydrogen-bond acceptors (Lipinski definition) is 2. The minimum atomic E-state index is -0.222. The van der Waals surface area contributed by atoms with E-state index in [4.69, 9.17) is 0 Å². The molecule has 1 aromatic heterocycles. The number of aryl methyl sites for hydroxylation is 2. The summed E-state index contributed by atoms with van der Waals surface area (Å²) in [5.74, 6) is -0.222. The van der Waals surface area contributed by atoms with Crippen LogP contribution >= 0.6 is 0 Å². The Balaban J connectivity index is 2.02. The van der Waals surface area contributed by atoms with E-state index < -0.39 is 0 Å². The Hall–Kier alpha value is -1.84. The number of benzene rings is 1. The van der Waals surface area contributed by atoms with Crippen molar-refractivity contribution < 1.29 is 4.39 Å². The molecule has 0 aliphatic rings. The fraction of sp³-hybridized carbons (Fsp3) is 0.308. The lowest BCUT2D eigenvalue weighted by molar-refractivity contribution is 0.627. The van der Waals surface area contributed by atoms with Crippen LogP contribution in [0.2, 0.25) is 0 Å². The Morgan fingerprint density at radius 1 is 1.35 bits per heavy atom. The second-order valence-corrected chi connectivity index (χ2v) is 4.00. The largest absolute Gasteiger partial charge is 0.377 e. The van der Waals surface area contributed by atoms with Gasteiger partial charge in [0, 0.05) is 12.7 Å². The van der Waals surface area contributed by atoms with E-state index >= 15 is 0 Å². The maximum atomic E-state index is 13.5. The van der Waals surface area contributed by atoms with Crippen LogP contribution in [0.15, 0.2) is 30.5 Å². The topological polar surface area (TPSA) is 29.9 Å². The lowest BCUT2D eigenvalue weighted by Crippen LogP contribution is -2.03. The first-order chi connectivity index (χ1) is 8.19. The molecule has 0 bridgehead atoms. The van der Waals surface area contributed by atoms with Crippen LogP contribution in [0.25, 0.3) is 0 Å². The van der Waals surface area contributed by atoms with Crippen molar-refractivity contribution in [3.63, 3.8) is 0 Å². The van der Waals surface area contributed by atoms with E-state index in [-0.39, 0.29) is 5.82 Å². The molecule has 0 unspecified atom stereocenters. The van der Waals surface area contributed by atoms with Gasteiger partial charge in [-0.15, -0.1) is 0 Å². The van der Waals surface area contributed by atoms with Gasteiger partial charge >= 0.3 is 0 Å². The van der Waals surface area contributed by atoms with Crippen LogP contribution in [-0.2, 0) is 13.1 Å². The lowest BCUT2D eigenvalue weighted by Gasteiger charge is -2.06. The molecule has 4 heteroatoms. The van der Waals surface area contributed by atoms with E-state index in [9.17, 15) is 4.39 Å². The molecule has 1 N–H and O–H groups in total. The third kappa shape index (κ3) is 2.84. The van der Waals surface area contributed by atoms with E-state index in [2.05, 4.69) is 10.4 Å². The number of hydrogen-bond donors (Lipinski definition) is 1. The van der Waals surface area contributed by atoms with Crippen LogP contribution < -0.4 is 5.32 Å². The molecule has 0 saturated heterocycles. The van der Waals surface area contributed by atoms with Crippen molar-refractivity contribution >= 4 is 5.69 Å². The Kier molecular flexibility index (Phi) is 3.42. The maximum Gasteiger partial charge on any atom is 0.146 e. The molecular weight excluding hydrogens is 217 g/mol. The van der Waals surface area contributed by atoms with Crippen molar-refractivity contribution in [3.05, 3.63) is 47.5 Å². The SMILES string of the molecule is CCn1ccc(CNc2ccc(C)cc2F)n1. The van der Waals surface area contributed by atoms with E-state index in [0.717, 1.165) is 17.8 Å². The summed E-state index contributed by atoms with van der Waals surface area (Å²) in [6, 6.07) is 7.09. The molecule has 2 aromatic rings. The molecule has 17 heavy (non-hydrogen) atoms. The first-order valence-electron chi connectivity index (χ1n) is 5.71. The summed E-state index contributed by atoms with van der Waals surface area (Å²) in [6.45, 7) is 5.28. The summed E-state index contributed by atoms with van der Waals surface area (Å²) >= 11 is 0. The molecule has 0 amide bonds. The van der Waals surface area contributed by atoms with Crippen molar-refractivity contribution in [2.24, 2.45) is 0 Å². The van der Waals surface area contributed by atoms with Crippen molar-refractivity contribution in [2.45, 2.75) is 26.9 Å². The smallest absolute Gasteiger partial charge is 0.146 e. The first kappa shape index (κ1) is 11.6. The third-order valence-electron chi connectivity index (χ3n) is 2.60. The molecule has 2 rings (SSSR count). The Labute approximate surface area is 100 Å². The zero-order valence-electron chi connectivity index (χ0n) is 10.1. The van der Waals surface area contributed by atoms with Gasteiger partial charge in [0.1, 0.15) is 5.82 Å². The molecule has 0 spiro atoms. The number of nitrogens with one attached hydrogen (secondary N) is 1. The average molecular weight is 233 g/mol. The second-order valence-electron chi connectivity index (χ2n) is 4.00. The summed E-state index contributed by atoms with van der Waals surface area (Å²) in [4.78, 5) is 0. The van der Waals surface area contributed by atoms with E-state index in [1.165, 1.54) is 6.07 Å². The highest BCUT2D eigenvalue weighted by molar-refractivity contribution is 5.46. The summed E-state index contributed by atoms with van der Waals surface area (Å²) in [7, 11) is 0. The van der Waals surface area contributed by atoms with Crippen LogP contribution in [0.3, 0.4) is 0 Å². The maximum absolute atomic E-state index is 13.5. The van der Waals surface area contributed by atoms with E-state index in [1.54, 1.807) is 6.07 Å². The third-order valence-corrected chi connectivity index (χ3v) is 2.60. The molecule has 1 heterocycles. The van der Waals surface area contributed by atoms with Gasteiger partial charge in [0.2, 0.25) is 0 Å². The van der Waals surface area contributed by atoms with Crippen LogP contribution in [0.5, 0.6) is 0 Å². The van der Waals surface area contributed by atoms with Gasteiger partial charge in [-0.1, -0.05) is 6.07 Å². The number of rotatable bonds is 4. The lowest BCUT2D eigenvalue weighted by atomic mass is 10.2. The van der Waals surface area contributed by atoms with E-state index in [1.807, 2.05) is 36.9 Å². The zero-order chi connectivity index (χ0) is 12.3. The summed E-state index contributed by atoms with van der Waals surface area (Å²) in [5, 5.41) is 7.37. The molecular formula is C13H16FN3. The minimum Gasteiger partial charge on any atom is -0.377 e. The molecule has 3 nitrogen and oxygen atoms in total. The predicted octanol–water partition coefficient (Wildman–Crippen LogP) is 2.96. The molecule has 0 aliphatic heterocycles. The summed E-state index contributed by atoms with van der Waals surface area (Å²) in [5.41, 5.74) is 2.34. The van der Waals surface area contributed by atoms with Crippen molar-refractivity contribution in [1.82, 2.24) is 9.78 Å². The van der Waals surface area contributed by atoms with Gasteiger partial charge in [0.05, 0.1) is 17.9 Å². The molecule has 0 atom stereocenters. The highest BCUT2D eigenvalue weighted by Gasteiger charge is 2.03.